The van der Waals surface area contributed by atoms with E-state index in [0.29, 0.717) is 11.4 Å². The van der Waals surface area contributed by atoms with E-state index in [1.807, 2.05) is 13.8 Å². The summed E-state index contributed by atoms with van der Waals surface area (Å²) in [5.41, 5.74) is 0.149. The second-order valence-electron chi connectivity index (χ2n) is 6.52. The molecule has 1 aromatic heterocycles. The van der Waals surface area contributed by atoms with Gasteiger partial charge in [0.05, 0.1) is 16.5 Å². The molecular weight excluding hydrogens is 379 g/mol. The number of aliphatic hydroxyl groups excluding tert-OH is 1. The van der Waals surface area contributed by atoms with Gasteiger partial charge in [-0.05, 0) is 30.6 Å². The van der Waals surface area contributed by atoms with Crippen molar-refractivity contribution in [1.82, 2.24) is 9.80 Å². The van der Waals surface area contributed by atoms with E-state index in [1.165, 1.54) is 22.3 Å². The number of nitrogens with zero attached hydrogens (tertiary/aromatic N) is 2. The Morgan fingerprint density at radius 1 is 1.21 bits per heavy atom. The molecule has 0 saturated carbocycles. The molecule has 0 spiro atoms. The van der Waals surface area contributed by atoms with Gasteiger partial charge in [0, 0.05) is 18.7 Å². The number of ketones is 1. The molecule has 1 aliphatic rings. The minimum absolute atomic E-state index is 0.0582. The molecule has 0 bridgehead atoms. The van der Waals surface area contributed by atoms with E-state index >= 15 is 0 Å². The maximum Gasteiger partial charge on any atom is 0.290 e. The van der Waals surface area contributed by atoms with E-state index in [0.717, 1.165) is 13.1 Å². The first-order chi connectivity index (χ1) is 13.5. The van der Waals surface area contributed by atoms with Crippen molar-refractivity contribution < 1.29 is 19.1 Å². The highest BCUT2D eigenvalue weighted by Gasteiger charge is 2.44. The Balaban J connectivity index is 2.03. The number of likely N-dealkylation sites (N-methyl/N-ethyl adjacent to an activating group) is 1. The Hall–Kier alpha value is -2.51. The van der Waals surface area contributed by atoms with Crippen LogP contribution in [-0.2, 0) is 4.79 Å². The van der Waals surface area contributed by atoms with E-state index < -0.39 is 29.3 Å². The zero-order chi connectivity index (χ0) is 20.3. The summed E-state index contributed by atoms with van der Waals surface area (Å²) in [7, 11) is 0. The van der Waals surface area contributed by atoms with Crippen LogP contribution < -0.4 is 0 Å². The molecule has 2 heterocycles. The van der Waals surface area contributed by atoms with Crippen LogP contribution in [0, 0.1) is 5.82 Å². The molecule has 0 fully saturated rings. The molecular formula is C21H23FN2O3S. The monoisotopic (exact) mass is 402 g/mol. The van der Waals surface area contributed by atoms with Crippen molar-refractivity contribution in [1.29, 1.82) is 0 Å². The molecule has 0 saturated heterocycles. The Morgan fingerprint density at radius 3 is 2.54 bits per heavy atom. The van der Waals surface area contributed by atoms with Crippen LogP contribution in [0.2, 0.25) is 0 Å². The number of carbonyl (C=O) groups excluding carboxylic acids is 2. The molecule has 2 aromatic rings. The van der Waals surface area contributed by atoms with Crippen LogP contribution in [0.25, 0.3) is 0 Å². The normalized spacial score (nSPS) is 17.1. The van der Waals surface area contributed by atoms with Crippen LogP contribution in [0.3, 0.4) is 0 Å². The third-order valence-electron chi connectivity index (χ3n) is 5.04. The van der Waals surface area contributed by atoms with Crippen molar-refractivity contribution in [2.45, 2.75) is 19.9 Å². The summed E-state index contributed by atoms with van der Waals surface area (Å²) in [4.78, 5) is 29.8. The number of carbonyl (C=O) groups is 2. The van der Waals surface area contributed by atoms with Gasteiger partial charge in [0.2, 0.25) is 5.78 Å². The van der Waals surface area contributed by atoms with Crippen LogP contribution >= 0.6 is 11.3 Å². The van der Waals surface area contributed by atoms with E-state index in [4.69, 9.17) is 0 Å². The summed E-state index contributed by atoms with van der Waals surface area (Å²) in [5.74, 6) is -2.19. The molecule has 0 radical (unpaired) electrons. The minimum atomic E-state index is -0.945. The van der Waals surface area contributed by atoms with Crippen LogP contribution in [0.4, 0.5) is 4.39 Å². The lowest BCUT2D eigenvalue weighted by atomic mass is 9.95. The first-order valence-corrected chi connectivity index (χ1v) is 10.2. The number of rotatable bonds is 8. The summed E-state index contributed by atoms with van der Waals surface area (Å²) in [6, 6.07) is 8.48. The molecule has 7 heteroatoms. The summed E-state index contributed by atoms with van der Waals surface area (Å²) in [6.45, 7) is 6.51. The highest BCUT2D eigenvalue weighted by atomic mass is 32.1. The zero-order valence-electron chi connectivity index (χ0n) is 15.9. The molecule has 1 amide bonds. The molecule has 1 aromatic carbocycles. The predicted molar refractivity (Wildman–Crippen MR) is 107 cm³/mol. The fraction of sp³-hybridized carbons (Fsp3) is 0.333. The number of amides is 1. The second-order valence-corrected chi connectivity index (χ2v) is 7.47. The number of benzene rings is 1. The van der Waals surface area contributed by atoms with Crippen LogP contribution in [0.5, 0.6) is 0 Å². The van der Waals surface area contributed by atoms with Gasteiger partial charge in [0.1, 0.15) is 5.82 Å². The van der Waals surface area contributed by atoms with Gasteiger partial charge in [-0.1, -0.05) is 38.1 Å². The lowest BCUT2D eigenvalue weighted by Gasteiger charge is -2.29. The van der Waals surface area contributed by atoms with E-state index in [2.05, 4.69) is 4.90 Å². The molecule has 148 valence electrons. The number of Topliss-reactive ketones (excluding diaryl/α,β-unsaturated/α-hetero) is 1. The number of halogens is 1. The summed E-state index contributed by atoms with van der Waals surface area (Å²) >= 11 is 1.22. The largest absolute Gasteiger partial charge is 0.503 e. The third-order valence-corrected chi connectivity index (χ3v) is 5.91. The molecule has 0 aliphatic carbocycles. The lowest BCUT2D eigenvalue weighted by molar-refractivity contribution is -0.129. The van der Waals surface area contributed by atoms with Crippen LogP contribution in [0.1, 0.15) is 35.1 Å². The maximum absolute atomic E-state index is 14.6. The number of aliphatic hydroxyl groups is 1. The average molecular weight is 402 g/mol. The van der Waals surface area contributed by atoms with Gasteiger partial charge >= 0.3 is 0 Å². The maximum atomic E-state index is 14.6. The van der Waals surface area contributed by atoms with Crippen molar-refractivity contribution in [3.63, 3.8) is 0 Å². The standard InChI is InChI=1S/C21H23FN2O3S/c1-3-23(4-2)11-12-24-18(14-8-5-6-9-15(14)22)17(20(26)21(24)27)19(25)16-10-7-13-28-16/h5-10,13,18,26H,3-4,11-12H2,1-2H3/t18-/m0/s1. The molecule has 1 N–H and O–H groups in total. The Labute approximate surface area is 167 Å². The van der Waals surface area contributed by atoms with E-state index in [9.17, 15) is 19.1 Å². The number of hydrogen-bond acceptors (Lipinski definition) is 5. The summed E-state index contributed by atoms with van der Waals surface area (Å²) < 4.78 is 14.6. The lowest BCUT2D eigenvalue weighted by Crippen LogP contribution is -2.38. The Morgan fingerprint density at radius 2 is 1.93 bits per heavy atom. The SMILES string of the molecule is CCN(CC)CCN1C(=O)C(O)=C(C(=O)c2cccs2)[C@@H]1c1ccccc1F. The van der Waals surface area contributed by atoms with Gasteiger partial charge in [-0.2, -0.15) is 0 Å². The van der Waals surface area contributed by atoms with Crippen molar-refractivity contribution >= 4 is 23.0 Å². The van der Waals surface area contributed by atoms with Crippen molar-refractivity contribution in [2.75, 3.05) is 26.2 Å². The number of hydrogen-bond donors (Lipinski definition) is 1. The Bertz CT molecular complexity index is 891. The van der Waals surface area contributed by atoms with Crippen molar-refractivity contribution in [3.8, 4) is 0 Å². The topological polar surface area (TPSA) is 60.9 Å². The van der Waals surface area contributed by atoms with Gasteiger partial charge in [-0.3, -0.25) is 9.59 Å². The minimum Gasteiger partial charge on any atom is -0.503 e. The van der Waals surface area contributed by atoms with E-state index in [1.54, 1.807) is 35.7 Å². The van der Waals surface area contributed by atoms with Gasteiger partial charge in [0.25, 0.3) is 5.91 Å². The van der Waals surface area contributed by atoms with Gasteiger partial charge in [0.15, 0.2) is 5.76 Å². The molecule has 3 rings (SSSR count). The second kappa shape index (κ2) is 8.67. The fourth-order valence-electron chi connectivity index (χ4n) is 3.47. The van der Waals surface area contributed by atoms with Gasteiger partial charge in [-0.25, -0.2) is 4.39 Å². The summed E-state index contributed by atoms with van der Waals surface area (Å²) in [6.07, 6.45) is 0. The average Bonchev–Trinajstić information content (AvgIpc) is 3.31. The highest BCUT2D eigenvalue weighted by molar-refractivity contribution is 7.12. The summed E-state index contributed by atoms with van der Waals surface area (Å²) in [5, 5.41) is 12.3. The van der Waals surface area contributed by atoms with Gasteiger partial charge in [-0.15, -0.1) is 11.3 Å². The molecule has 1 aliphatic heterocycles. The predicted octanol–water partition coefficient (Wildman–Crippen LogP) is 3.81. The Kier molecular flexibility index (Phi) is 6.26. The quantitative estimate of drug-likeness (QED) is 0.682. The van der Waals surface area contributed by atoms with Crippen molar-refractivity contribution in [3.05, 3.63) is 69.4 Å². The first-order valence-electron chi connectivity index (χ1n) is 9.28. The third kappa shape index (κ3) is 3.72. The molecule has 0 unspecified atom stereocenters. The van der Waals surface area contributed by atoms with Gasteiger partial charge < -0.3 is 14.9 Å². The van der Waals surface area contributed by atoms with Crippen LogP contribution in [-0.4, -0.2) is 52.8 Å². The zero-order valence-corrected chi connectivity index (χ0v) is 16.7. The number of thiophene rings is 1. The fourth-order valence-corrected chi connectivity index (χ4v) is 4.14. The van der Waals surface area contributed by atoms with E-state index in [-0.39, 0.29) is 17.7 Å². The highest BCUT2D eigenvalue weighted by Crippen LogP contribution is 2.40. The first kappa shape index (κ1) is 20.2. The smallest absolute Gasteiger partial charge is 0.290 e. The molecule has 5 nitrogen and oxygen atoms in total. The van der Waals surface area contributed by atoms with Crippen molar-refractivity contribution in [2.24, 2.45) is 0 Å². The molecule has 28 heavy (non-hydrogen) atoms. The molecule has 1 atom stereocenters. The van der Waals surface area contributed by atoms with Crippen LogP contribution in [0.15, 0.2) is 53.1 Å².